The molecule has 0 saturated heterocycles. The van der Waals surface area contributed by atoms with E-state index in [-0.39, 0.29) is 19.1 Å². The topological polar surface area (TPSA) is 60.7 Å². The fraction of sp³-hybridized carbons (Fsp3) is 1.00. The van der Waals surface area contributed by atoms with Crippen molar-refractivity contribution in [1.82, 2.24) is 0 Å². The van der Waals surface area contributed by atoms with Crippen LogP contribution >= 0.6 is 0 Å². The Balaban J connectivity index is 3.56. The van der Waals surface area contributed by atoms with Gasteiger partial charge in [0.2, 0.25) is 0 Å². The van der Waals surface area contributed by atoms with Gasteiger partial charge in [-0.05, 0) is 6.42 Å². The normalized spacial score (nSPS) is 16.8. The van der Waals surface area contributed by atoms with Crippen molar-refractivity contribution in [2.75, 3.05) is 13.2 Å². The second-order valence-electron chi connectivity index (χ2n) is 2.48. The number of aliphatic hydroxyl groups excluding tert-OH is 3. The van der Waals surface area contributed by atoms with Gasteiger partial charge in [0.05, 0.1) is 12.7 Å². The molecule has 3 nitrogen and oxygen atoms in total. The first kappa shape index (κ1) is 9.88. The minimum absolute atomic E-state index is 0.0461. The minimum atomic E-state index is -0.759. The second kappa shape index (κ2) is 5.65. The van der Waals surface area contributed by atoms with Gasteiger partial charge in [-0.3, -0.25) is 0 Å². The molecule has 0 fully saturated rings. The Morgan fingerprint density at radius 1 is 1.20 bits per heavy atom. The summed E-state index contributed by atoms with van der Waals surface area (Å²) in [5.74, 6) is -0.157. The van der Waals surface area contributed by atoms with Crippen molar-refractivity contribution >= 4 is 0 Å². The third-order valence-corrected chi connectivity index (χ3v) is 1.63. The van der Waals surface area contributed by atoms with E-state index in [2.05, 4.69) is 0 Å². The maximum absolute atomic E-state index is 9.04. The smallest absolute Gasteiger partial charge is 0.0820 e. The summed E-state index contributed by atoms with van der Waals surface area (Å²) in [4.78, 5) is 0. The quantitative estimate of drug-likeness (QED) is 0.504. The molecular formula is C7H16O3. The molecule has 0 bridgehead atoms. The van der Waals surface area contributed by atoms with Crippen molar-refractivity contribution in [3.63, 3.8) is 0 Å². The van der Waals surface area contributed by atoms with E-state index in [9.17, 15) is 0 Å². The van der Waals surface area contributed by atoms with Crippen LogP contribution in [0.1, 0.15) is 19.8 Å². The number of rotatable bonds is 5. The van der Waals surface area contributed by atoms with Crippen molar-refractivity contribution in [3.05, 3.63) is 0 Å². The van der Waals surface area contributed by atoms with Gasteiger partial charge < -0.3 is 15.3 Å². The fourth-order valence-electron chi connectivity index (χ4n) is 0.925. The summed E-state index contributed by atoms with van der Waals surface area (Å²) in [5, 5.41) is 26.2. The van der Waals surface area contributed by atoms with E-state index in [0.29, 0.717) is 0 Å². The van der Waals surface area contributed by atoms with E-state index in [1.807, 2.05) is 6.92 Å². The molecule has 0 rings (SSSR count). The van der Waals surface area contributed by atoms with Crippen LogP contribution in [0.15, 0.2) is 0 Å². The molecule has 0 amide bonds. The predicted molar refractivity (Wildman–Crippen MR) is 38.6 cm³/mol. The summed E-state index contributed by atoms with van der Waals surface area (Å²) >= 11 is 0. The van der Waals surface area contributed by atoms with Gasteiger partial charge in [-0.15, -0.1) is 0 Å². The third kappa shape index (κ3) is 3.15. The second-order valence-corrected chi connectivity index (χ2v) is 2.48. The highest BCUT2D eigenvalue weighted by Crippen LogP contribution is 2.09. The fourth-order valence-corrected chi connectivity index (χ4v) is 0.925. The first-order chi connectivity index (χ1) is 4.76. The van der Waals surface area contributed by atoms with Crippen LogP contribution in [0.2, 0.25) is 0 Å². The van der Waals surface area contributed by atoms with E-state index >= 15 is 0 Å². The minimum Gasteiger partial charge on any atom is -0.396 e. The molecule has 0 heterocycles. The molecule has 0 aliphatic carbocycles. The van der Waals surface area contributed by atoms with Gasteiger partial charge in [0.1, 0.15) is 0 Å². The molecule has 0 aliphatic rings. The monoisotopic (exact) mass is 148 g/mol. The van der Waals surface area contributed by atoms with Crippen LogP contribution in [-0.4, -0.2) is 34.6 Å². The highest BCUT2D eigenvalue weighted by Gasteiger charge is 2.15. The molecule has 0 aliphatic heterocycles. The van der Waals surface area contributed by atoms with Crippen LogP contribution in [-0.2, 0) is 0 Å². The Bertz CT molecular complexity index is 75.3. The van der Waals surface area contributed by atoms with Gasteiger partial charge in [-0.25, -0.2) is 0 Å². The summed E-state index contributed by atoms with van der Waals surface area (Å²) in [6.45, 7) is 1.67. The van der Waals surface area contributed by atoms with E-state index in [0.717, 1.165) is 12.8 Å². The van der Waals surface area contributed by atoms with Gasteiger partial charge in [-0.1, -0.05) is 13.3 Å². The molecule has 1 unspecified atom stereocenters. The van der Waals surface area contributed by atoms with E-state index < -0.39 is 6.10 Å². The Morgan fingerprint density at radius 3 is 2.10 bits per heavy atom. The number of hydrogen-bond acceptors (Lipinski definition) is 3. The first-order valence-electron chi connectivity index (χ1n) is 3.66. The van der Waals surface area contributed by atoms with Crippen molar-refractivity contribution in [3.8, 4) is 0 Å². The molecule has 0 saturated carbocycles. The zero-order chi connectivity index (χ0) is 7.98. The highest BCUT2D eigenvalue weighted by atomic mass is 16.3. The molecule has 62 valence electrons. The molecule has 3 heteroatoms. The lowest BCUT2D eigenvalue weighted by molar-refractivity contribution is 0.0189. The maximum atomic E-state index is 9.04. The summed E-state index contributed by atoms with van der Waals surface area (Å²) in [6, 6.07) is 0. The van der Waals surface area contributed by atoms with E-state index in [1.54, 1.807) is 0 Å². The van der Waals surface area contributed by atoms with Crippen LogP contribution in [0.5, 0.6) is 0 Å². The van der Waals surface area contributed by atoms with Gasteiger partial charge in [-0.2, -0.15) is 0 Å². The molecule has 0 aromatic heterocycles. The summed E-state index contributed by atoms with van der Waals surface area (Å²) in [5.41, 5.74) is 0. The summed E-state index contributed by atoms with van der Waals surface area (Å²) in [7, 11) is 0. The Hall–Kier alpha value is -0.120. The van der Waals surface area contributed by atoms with Gasteiger partial charge in [0.15, 0.2) is 0 Å². The largest absolute Gasteiger partial charge is 0.396 e. The molecule has 0 spiro atoms. The van der Waals surface area contributed by atoms with Gasteiger partial charge in [0.25, 0.3) is 0 Å². The molecular weight excluding hydrogens is 132 g/mol. The zero-order valence-electron chi connectivity index (χ0n) is 6.32. The SMILES string of the molecule is CCC[C@H](CO)C(O)CO. The van der Waals surface area contributed by atoms with Crippen molar-refractivity contribution in [1.29, 1.82) is 0 Å². The lowest BCUT2D eigenvalue weighted by atomic mass is 9.99. The zero-order valence-corrected chi connectivity index (χ0v) is 6.32. The standard InChI is InChI=1S/C7H16O3/c1-2-3-6(4-8)7(10)5-9/h6-10H,2-5H2,1H3/t6-,7?/m1/s1. The number of hydrogen-bond donors (Lipinski definition) is 3. The Morgan fingerprint density at radius 2 is 1.80 bits per heavy atom. The van der Waals surface area contributed by atoms with Crippen LogP contribution in [0, 0.1) is 5.92 Å². The molecule has 0 radical (unpaired) electrons. The summed E-state index contributed by atoms with van der Waals surface area (Å²) in [6.07, 6.45) is 0.922. The lowest BCUT2D eigenvalue weighted by Crippen LogP contribution is -2.26. The van der Waals surface area contributed by atoms with Crippen LogP contribution in [0.3, 0.4) is 0 Å². The first-order valence-corrected chi connectivity index (χ1v) is 3.66. The Kier molecular flexibility index (Phi) is 5.58. The van der Waals surface area contributed by atoms with E-state index in [4.69, 9.17) is 15.3 Å². The highest BCUT2D eigenvalue weighted by molar-refractivity contribution is 4.65. The Labute approximate surface area is 61.3 Å². The van der Waals surface area contributed by atoms with Crippen molar-refractivity contribution < 1.29 is 15.3 Å². The summed E-state index contributed by atoms with van der Waals surface area (Å²) < 4.78 is 0. The van der Waals surface area contributed by atoms with Crippen LogP contribution in [0.4, 0.5) is 0 Å². The molecule has 0 aromatic rings. The van der Waals surface area contributed by atoms with Gasteiger partial charge in [0, 0.05) is 12.5 Å². The molecule has 3 N–H and O–H groups in total. The predicted octanol–water partition coefficient (Wildman–Crippen LogP) is -0.252. The average molecular weight is 148 g/mol. The van der Waals surface area contributed by atoms with Crippen LogP contribution < -0.4 is 0 Å². The maximum Gasteiger partial charge on any atom is 0.0820 e. The van der Waals surface area contributed by atoms with Gasteiger partial charge >= 0.3 is 0 Å². The third-order valence-electron chi connectivity index (χ3n) is 1.63. The van der Waals surface area contributed by atoms with Crippen LogP contribution in [0.25, 0.3) is 0 Å². The lowest BCUT2D eigenvalue weighted by Gasteiger charge is -2.17. The van der Waals surface area contributed by atoms with Crippen molar-refractivity contribution in [2.24, 2.45) is 5.92 Å². The average Bonchev–Trinajstić information content (AvgIpc) is 1.99. The van der Waals surface area contributed by atoms with Crippen molar-refractivity contribution in [2.45, 2.75) is 25.9 Å². The molecule has 0 aromatic carbocycles. The number of aliphatic hydroxyl groups is 3. The molecule has 2 atom stereocenters. The molecule has 10 heavy (non-hydrogen) atoms. The van der Waals surface area contributed by atoms with E-state index in [1.165, 1.54) is 0 Å².